The fraction of sp³-hybridized carbons (Fsp3) is 0.556. The molecule has 1 aromatic carbocycles. The summed E-state index contributed by atoms with van der Waals surface area (Å²) in [6, 6.07) is 5.58. The number of fused-ring (bicyclic) bond motifs is 1. The summed E-state index contributed by atoms with van der Waals surface area (Å²) in [5, 5.41) is 0. The van der Waals surface area contributed by atoms with E-state index in [0.29, 0.717) is 24.2 Å². The average Bonchev–Trinajstić information content (AvgIpc) is 2.99. The van der Waals surface area contributed by atoms with Gasteiger partial charge in [-0.25, -0.2) is 4.98 Å². The zero-order valence-electron chi connectivity index (χ0n) is 15.1. The number of aromatic nitrogens is 2. The van der Waals surface area contributed by atoms with Crippen molar-refractivity contribution in [2.75, 3.05) is 51.3 Å². The molecule has 136 valence electrons. The standard InChI is InChI=1S/C18H27N5O2/c1-3-7-21-8-10-22(11-9-21)18-20-16-14(17(19)24)5-4-6-15(16)23(18)12-13-25-2/h4-6H,3,7-13H2,1-2H3,(H2,19,24). The number of ether oxygens (including phenoxy) is 1. The predicted molar refractivity (Wildman–Crippen MR) is 99.1 cm³/mol. The predicted octanol–water partition coefficient (Wildman–Crippen LogP) is 1.31. The van der Waals surface area contributed by atoms with Gasteiger partial charge in [0.1, 0.15) is 5.52 Å². The van der Waals surface area contributed by atoms with Gasteiger partial charge in [0.2, 0.25) is 5.95 Å². The van der Waals surface area contributed by atoms with Gasteiger partial charge in [0.15, 0.2) is 0 Å². The monoisotopic (exact) mass is 345 g/mol. The highest BCUT2D eigenvalue weighted by Crippen LogP contribution is 2.26. The lowest BCUT2D eigenvalue weighted by Crippen LogP contribution is -2.47. The van der Waals surface area contributed by atoms with Gasteiger partial charge in [-0.2, -0.15) is 0 Å². The van der Waals surface area contributed by atoms with Crippen LogP contribution in [0.3, 0.4) is 0 Å². The Labute approximate surface area is 148 Å². The number of para-hydroxylation sites is 1. The molecule has 1 aromatic heterocycles. The summed E-state index contributed by atoms with van der Waals surface area (Å²) in [4.78, 5) is 21.3. The highest BCUT2D eigenvalue weighted by Gasteiger charge is 2.23. The molecular formula is C18H27N5O2. The summed E-state index contributed by atoms with van der Waals surface area (Å²) < 4.78 is 7.41. The molecule has 2 heterocycles. The summed E-state index contributed by atoms with van der Waals surface area (Å²) in [5.74, 6) is 0.457. The second-order valence-electron chi connectivity index (χ2n) is 6.42. The molecule has 0 spiro atoms. The van der Waals surface area contributed by atoms with Gasteiger partial charge in [0.05, 0.1) is 17.7 Å². The fourth-order valence-electron chi connectivity index (χ4n) is 3.47. The first-order valence-corrected chi connectivity index (χ1v) is 8.91. The van der Waals surface area contributed by atoms with E-state index in [9.17, 15) is 4.79 Å². The number of amides is 1. The molecule has 1 saturated heterocycles. The molecule has 0 aliphatic carbocycles. The van der Waals surface area contributed by atoms with Gasteiger partial charge in [0, 0.05) is 39.8 Å². The number of carbonyl (C=O) groups is 1. The summed E-state index contributed by atoms with van der Waals surface area (Å²) in [5.41, 5.74) is 7.62. The van der Waals surface area contributed by atoms with Crippen molar-refractivity contribution in [3.05, 3.63) is 23.8 Å². The lowest BCUT2D eigenvalue weighted by molar-refractivity contribution is 0.100. The van der Waals surface area contributed by atoms with Crippen LogP contribution >= 0.6 is 0 Å². The Balaban J connectivity index is 1.96. The minimum Gasteiger partial charge on any atom is -0.383 e. The number of nitrogens with two attached hydrogens (primary N) is 1. The number of imidazole rings is 1. The Bertz CT molecular complexity index is 734. The third-order valence-electron chi connectivity index (χ3n) is 4.74. The van der Waals surface area contributed by atoms with E-state index in [0.717, 1.165) is 44.2 Å². The highest BCUT2D eigenvalue weighted by atomic mass is 16.5. The van der Waals surface area contributed by atoms with E-state index in [1.807, 2.05) is 12.1 Å². The number of nitrogens with zero attached hydrogens (tertiary/aromatic N) is 4. The molecule has 3 rings (SSSR count). The second-order valence-corrected chi connectivity index (χ2v) is 6.42. The van der Waals surface area contributed by atoms with Crippen LogP contribution in [0.25, 0.3) is 11.0 Å². The van der Waals surface area contributed by atoms with Gasteiger partial charge in [-0.3, -0.25) is 9.69 Å². The van der Waals surface area contributed by atoms with E-state index < -0.39 is 5.91 Å². The molecule has 2 N–H and O–H groups in total. The van der Waals surface area contributed by atoms with E-state index in [1.165, 1.54) is 6.42 Å². The molecule has 0 radical (unpaired) electrons. The van der Waals surface area contributed by atoms with Crippen LogP contribution in [0.5, 0.6) is 0 Å². The molecular weight excluding hydrogens is 318 g/mol. The second kappa shape index (κ2) is 7.84. The van der Waals surface area contributed by atoms with Crippen LogP contribution in [-0.4, -0.2) is 66.8 Å². The molecule has 2 aromatic rings. The molecule has 1 aliphatic heterocycles. The van der Waals surface area contributed by atoms with Crippen molar-refractivity contribution in [3.8, 4) is 0 Å². The first kappa shape index (κ1) is 17.7. The number of hydrogen-bond donors (Lipinski definition) is 1. The Morgan fingerprint density at radius 2 is 2.00 bits per heavy atom. The number of carbonyl (C=O) groups excluding carboxylic acids is 1. The molecule has 7 heteroatoms. The summed E-state index contributed by atoms with van der Waals surface area (Å²) in [6.07, 6.45) is 1.17. The molecule has 0 atom stereocenters. The van der Waals surface area contributed by atoms with Gasteiger partial charge in [-0.1, -0.05) is 13.0 Å². The first-order valence-electron chi connectivity index (χ1n) is 8.91. The Hall–Kier alpha value is -2.12. The van der Waals surface area contributed by atoms with Crippen LogP contribution in [0, 0.1) is 0 Å². The highest BCUT2D eigenvalue weighted by molar-refractivity contribution is 6.04. The van der Waals surface area contributed by atoms with Crippen molar-refractivity contribution < 1.29 is 9.53 Å². The molecule has 0 unspecified atom stereocenters. The van der Waals surface area contributed by atoms with Crippen molar-refractivity contribution in [2.24, 2.45) is 5.73 Å². The maximum atomic E-state index is 11.8. The number of rotatable bonds is 7. The topological polar surface area (TPSA) is 76.6 Å². The largest absolute Gasteiger partial charge is 0.383 e. The fourth-order valence-corrected chi connectivity index (χ4v) is 3.47. The summed E-state index contributed by atoms with van der Waals surface area (Å²) >= 11 is 0. The van der Waals surface area contributed by atoms with E-state index in [-0.39, 0.29) is 0 Å². The smallest absolute Gasteiger partial charge is 0.250 e. The van der Waals surface area contributed by atoms with Crippen molar-refractivity contribution in [3.63, 3.8) is 0 Å². The molecule has 1 amide bonds. The molecule has 25 heavy (non-hydrogen) atoms. The number of methoxy groups -OCH3 is 1. The maximum Gasteiger partial charge on any atom is 0.250 e. The number of hydrogen-bond acceptors (Lipinski definition) is 5. The van der Waals surface area contributed by atoms with Crippen LogP contribution in [0.15, 0.2) is 18.2 Å². The van der Waals surface area contributed by atoms with E-state index in [4.69, 9.17) is 15.5 Å². The van der Waals surface area contributed by atoms with Crippen molar-refractivity contribution in [2.45, 2.75) is 19.9 Å². The zero-order chi connectivity index (χ0) is 17.8. The maximum absolute atomic E-state index is 11.8. The molecule has 7 nitrogen and oxygen atoms in total. The van der Waals surface area contributed by atoms with Crippen LogP contribution in [0.4, 0.5) is 5.95 Å². The number of primary amides is 1. The van der Waals surface area contributed by atoms with Crippen LogP contribution in [-0.2, 0) is 11.3 Å². The van der Waals surface area contributed by atoms with Gasteiger partial charge in [-0.15, -0.1) is 0 Å². The SMILES string of the molecule is CCCN1CCN(c2nc3c(C(N)=O)cccc3n2CCOC)CC1. The van der Waals surface area contributed by atoms with Crippen molar-refractivity contribution in [1.29, 1.82) is 0 Å². The van der Waals surface area contributed by atoms with Gasteiger partial charge in [0.25, 0.3) is 5.91 Å². The summed E-state index contributed by atoms with van der Waals surface area (Å²) in [7, 11) is 1.69. The number of benzene rings is 1. The minimum absolute atomic E-state index is 0.443. The van der Waals surface area contributed by atoms with Crippen molar-refractivity contribution in [1.82, 2.24) is 14.5 Å². The lowest BCUT2D eigenvalue weighted by atomic mass is 10.2. The van der Waals surface area contributed by atoms with Gasteiger partial charge >= 0.3 is 0 Å². The third-order valence-corrected chi connectivity index (χ3v) is 4.74. The third kappa shape index (κ3) is 3.62. The summed E-state index contributed by atoms with van der Waals surface area (Å²) in [6.45, 7) is 8.56. The minimum atomic E-state index is -0.443. The van der Waals surface area contributed by atoms with E-state index in [1.54, 1.807) is 13.2 Å². The number of anilines is 1. The molecule has 0 bridgehead atoms. The van der Waals surface area contributed by atoms with Crippen LogP contribution in [0.1, 0.15) is 23.7 Å². The van der Waals surface area contributed by atoms with E-state index in [2.05, 4.69) is 21.3 Å². The Morgan fingerprint density at radius 1 is 1.24 bits per heavy atom. The quantitative estimate of drug-likeness (QED) is 0.819. The molecule has 1 fully saturated rings. The van der Waals surface area contributed by atoms with Gasteiger partial charge < -0.3 is 19.9 Å². The normalized spacial score (nSPS) is 15.8. The number of piperazine rings is 1. The zero-order valence-corrected chi connectivity index (χ0v) is 15.1. The van der Waals surface area contributed by atoms with Crippen LogP contribution < -0.4 is 10.6 Å². The van der Waals surface area contributed by atoms with Gasteiger partial charge in [-0.05, 0) is 25.1 Å². The Kier molecular flexibility index (Phi) is 5.55. The lowest BCUT2D eigenvalue weighted by Gasteiger charge is -2.35. The van der Waals surface area contributed by atoms with Crippen LogP contribution in [0.2, 0.25) is 0 Å². The first-order chi connectivity index (χ1) is 12.2. The molecule has 1 aliphatic rings. The molecule has 0 saturated carbocycles. The van der Waals surface area contributed by atoms with E-state index >= 15 is 0 Å². The Morgan fingerprint density at radius 3 is 2.64 bits per heavy atom. The van der Waals surface area contributed by atoms with Crippen molar-refractivity contribution >= 4 is 22.9 Å². The average molecular weight is 345 g/mol.